The van der Waals surface area contributed by atoms with E-state index in [4.69, 9.17) is 4.74 Å². The van der Waals surface area contributed by atoms with Crippen LogP contribution in [0.4, 0.5) is 0 Å². The summed E-state index contributed by atoms with van der Waals surface area (Å²) in [6.45, 7) is 4.00. The van der Waals surface area contributed by atoms with Gasteiger partial charge in [-0.1, -0.05) is 25.1 Å². The molecule has 20 heavy (non-hydrogen) atoms. The molecule has 0 bridgehead atoms. The molecule has 4 nitrogen and oxygen atoms in total. The molecule has 2 unspecified atom stereocenters. The summed E-state index contributed by atoms with van der Waals surface area (Å²) >= 11 is 0. The molecule has 1 aromatic heterocycles. The molecule has 1 fully saturated rings. The van der Waals surface area contributed by atoms with E-state index in [0.717, 1.165) is 22.9 Å². The predicted octanol–water partition coefficient (Wildman–Crippen LogP) is 2.04. The van der Waals surface area contributed by atoms with Gasteiger partial charge in [0.1, 0.15) is 0 Å². The van der Waals surface area contributed by atoms with Crippen LogP contribution >= 0.6 is 0 Å². The molecule has 2 heterocycles. The molecular formula is C16H18N2O2. The number of hydrogen-bond donors (Lipinski definition) is 1. The van der Waals surface area contributed by atoms with Gasteiger partial charge in [0, 0.05) is 29.4 Å². The highest BCUT2D eigenvalue weighted by Gasteiger charge is 2.34. The van der Waals surface area contributed by atoms with Crippen LogP contribution in [0.2, 0.25) is 0 Å². The molecule has 0 spiro atoms. The number of pyridine rings is 1. The molecule has 104 valence electrons. The second-order valence-corrected chi connectivity index (χ2v) is 5.07. The van der Waals surface area contributed by atoms with Crippen molar-refractivity contribution in [1.29, 1.82) is 0 Å². The Morgan fingerprint density at radius 1 is 1.40 bits per heavy atom. The van der Waals surface area contributed by atoms with Gasteiger partial charge in [-0.25, -0.2) is 0 Å². The highest BCUT2D eigenvalue weighted by atomic mass is 16.5. The summed E-state index contributed by atoms with van der Waals surface area (Å²) in [4.78, 5) is 16.9. The van der Waals surface area contributed by atoms with Crippen LogP contribution in [0.25, 0.3) is 10.8 Å². The van der Waals surface area contributed by atoms with E-state index in [1.807, 2.05) is 31.2 Å². The zero-order valence-corrected chi connectivity index (χ0v) is 11.5. The van der Waals surface area contributed by atoms with Crippen LogP contribution in [0, 0.1) is 5.92 Å². The maximum absolute atomic E-state index is 12.8. The molecule has 0 radical (unpaired) electrons. The first-order valence-electron chi connectivity index (χ1n) is 6.99. The lowest BCUT2D eigenvalue weighted by atomic mass is 9.91. The zero-order chi connectivity index (χ0) is 13.9. The van der Waals surface area contributed by atoms with E-state index in [1.54, 1.807) is 12.4 Å². The standard InChI is InChI=1S/C16H18N2O2/c1-2-18-15-10-20-9-14(15)16(19)13-5-3-4-11-8-17-7-6-12(11)13/h3-8,14-15,18H,2,9-10H2,1H3. The lowest BCUT2D eigenvalue weighted by Gasteiger charge is -2.17. The normalized spacial score (nSPS) is 22.2. The van der Waals surface area contributed by atoms with Gasteiger partial charge in [-0.15, -0.1) is 0 Å². The summed E-state index contributed by atoms with van der Waals surface area (Å²) in [5.74, 6) is 0.0546. The third kappa shape index (κ3) is 2.32. The van der Waals surface area contributed by atoms with Crippen molar-refractivity contribution in [3.63, 3.8) is 0 Å². The highest BCUT2D eigenvalue weighted by molar-refractivity contribution is 6.09. The minimum absolute atomic E-state index is 0.103. The van der Waals surface area contributed by atoms with Crippen molar-refractivity contribution in [2.45, 2.75) is 13.0 Å². The summed E-state index contributed by atoms with van der Waals surface area (Å²) in [6, 6.07) is 7.80. The number of rotatable bonds is 4. The first-order chi connectivity index (χ1) is 9.81. The number of carbonyl (C=O) groups excluding carboxylic acids is 1. The molecule has 2 atom stereocenters. The van der Waals surface area contributed by atoms with Crippen LogP contribution in [-0.4, -0.2) is 36.6 Å². The van der Waals surface area contributed by atoms with Crippen LogP contribution in [0.3, 0.4) is 0 Å². The van der Waals surface area contributed by atoms with Gasteiger partial charge in [0.25, 0.3) is 0 Å². The molecule has 0 saturated carbocycles. The van der Waals surface area contributed by atoms with Crippen LogP contribution in [0.15, 0.2) is 36.7 Å². The van der Waals surface area contributed by atoms with Crippen LogP contribution in [0.1, 0.15) is 17.3 Å². The van der Waals surface area contributed by atoms with Crippen LogP contribution < -0.4 is 5.32 Å². The van der Waals surface area contributed by atoms with Crippen LogP contribution in [0.5, 0.6) is 0 Å². The summed E-state index contributed by atoms with van der Waals surface area (Å²) in [5, 5.41) is 5.30. The fraction of sp³-hybridized carbons (Fsp3) is 0.375. The third-order valence-electron chi connectivity index (χ3n) is 3.83. The summed E-state index contributed by atoms with van der Waals surface area (Å²) in [5.41, 5.74) is 0.767. The maximum atomic E-state index is 12.8. The molecule has 1 saturated heterocycles. The Kier molecular flexibility index (Phi) is 3.76. The maximum Gasteiger partial charge on any atom is 0.170 e. The molecule has 1 aliphatic heterocycles. The van der Waals surface area contributed by atoms with Gasteiger partial charge < -0.3 is 10.1 Å². The van der Waals surface area contributed by atoms with E-state index in [0.29, 0.717) is 13.2 Å². The number of Topliss-reactive ketones (excluding diaryl/α,β-unsaturated/α-hetero) is 1. The Morgan fingerprint density at radius 2 is 2.30 bits per heavy atom. The topological polar surface area (TPSA) is 51.2 Å². The molecule has 2 aromatic rings. The number of ether oxygens (including phenoxy) is 1. The van der Waals surface area contributed by atoms with E-state index in [1.165, 1.54) is 0 Å². The molecule has 1 N–H and O–H groups in total. The SMILES string of the molecule is CCNC1COCC1C(=O)c1cccc2cnccc12. The zero-order valence-electron chi connectivity index (χ0n) is 11.5. The number of nitrogens with zero attached hydrogens (tertiary/aromatic N) is 1. The largest absolute Gasteiger partial charge is 0.379 e. The molecule has 3 rings (SSSR count). The van der Waals surface area contributed by atoms with E-state index < -0.39 is 0 Å². The number of hydrogen-bond acceptors (Lipinski definition) is 4. The fourth-order valence-electron chi connectivity index (χ4n) is 2.81. The van der Waals surface area contributed by atoms with Crippen molar-refractivity contribution in [1.82, 2.24) is 10.3 Å². The number of nitrogens with one attached hydrogen (secondary N) is 1. The van der Waals surface area contributed by atoms with Crippen molar-refractivity contribution in [2.24, 2.45) is 5.92 Å². The van der Waals surface area contributed by atoms with Gasteiger partial charge in [0.2, 0.25) is 0 Å². The van der Waals surface area contributed by atoms with E-state index in [-0.39, 0.29) is 17.7 Å². The molecule has 4 heteroatoms. The lowest BCUT2D eigenvalue weighted by Crippen LogP contribution is -2.39. The first kappa shape index (κ1) is 13.2. The van der Waals surface area contributed by atoms with Crippen molar-refractivity contribution in [3.8, 4) is 0 Å². The van der Waals surface area contributed by atoms with Gasteiger partial charge in [0.05, 0.1) is 19.1 Å². The Morgan fingerprint density at radius 3 is 3.15 bits per heavy atom. The van der Waals surface area contributed by atoms with Crippen molar-refractivity contribution in [3.05, 3.63) is 42.2 Å². The number of likely N-dealkylation sites (N-methyl/N-ethyl adjacent to an activating group) is 1. The van der Waals surface area contributed by atoms with Crippen LogP contribution in [-0.2, 0) is 4.74 Å². The smallest absolute Gasteiger partial charge is 0.170 e. The highest BCUT2D eigenvalue weighted by Crippen LogP contribution is 2.24. The number of aromatic nitrogens is 1. The lowest BCUT2D eigenvalue weighted by molar-refractivity contribution is 0.0893. The van der Waals surface area contributed by atoms with Gasteiger partial charge >= 0.3 is 0 Å². The van der Waals surface area contributed by atoms with Crippen molar-refractivity contribution in [2.75, 3.05) is 19.8 Å². The number of fused-ring (bicyclic) bond motifs is 1. The van der Waals surface area contributed by atoms with Gasteiger partial charge in [0.15, 0.2) is 5.78 Å². The molecule has 0 amide bonds. The van der Waals surface area contributed by atoms with E-state index in [2.05, 4.69) is 10.3 Å². The Bertz CT molecular complexity index is 621. The summed E-state index contributed by atoms with van der Waals surface area (Å²) in [7, 11) is 0. The minimum Gasteiger partial charge on any atom is -0.379 e. The molecule has 1 aliphatic rings. The van der Waals surface area contributed by atoms with Gasteiger partial charge in [-0.2, -0.15) is 0 Å². The Labute approximate surface area is 118 Å². The average molecular weight is 270 g/mol. The van der Waals surface area contributed by atoms with Crippen molar-refractivity contribution >= 4 is 16.6 Å². The van der Waals surface area contributed by atoms with Gasteiger partial charge in [-0.3, -0.25) is 9.78 Å². The fourth-order valence-corrected chi connectivity index (χ4v) is 2.81. The first-order valence-corrected chi connectivity index (χ1v) is 6.99. The average Bonchev–Trinajstić information content (AvgIpc) is 2.94. The second-order valence-electron chi connectivity index (χ2n) is 5.07. The van der Waals surface area contributed by atoms with E-state index in [9.17, 15) is 4.79 Å². The van der Waals surface area contributed by atoms with E-state index >= 15 is 0 Å². The second kappa shape index (κ2) is 5.69. The number of carbonyl (C=O) groups is 1. The molecule has 0 aliphatic carbocycles. The monoisotopic (exact) mass is 270 g/mol. The molecular weight excluding hydrogens is 252 g/mol. The summed E-state index contributed by atoms with van der Waals surface area (Å²) in [6.07, 6.45) is 3.52. The summed E-state index contributed by atoms with van der Waals surface area (Å²) < 4.78 is 5.48. The number of ketones is 1. The minimum atomic E-state index is -0.103. The molecule has 1 aromatic carbocycles. The quantitative estimate of drug-likeness (QED) is 0.864. The Hall–Kier alpha value is -1.78. The predicted molar refractivity (Wildman–Crippen MR) is 77.8 cm³/mol. The number of benzene rings is 1. The van der Waals surface area contributed by atoms with Gasteiger partial charge in [-0.05, 0) is 18.0 Å². The third-order valence-corrected chi connectivity index (χ3v) is 3.83. The van der Waals surface area contributed by atoms with Crippen molar-refractivity contribution < 1.29 is 9.53 Å². The Balaban J connectivity index is 1.96.